The fourth-order valence-electron chi connectivity index (χ4n) is 3.44. The van der Waals surface area contributed by atoms with E-state index in [0.717, 1.165) is 5.56 Å². The first-order chi connectivity index (χ1) is 15.3. The molecule has 1 aliphatic rings. The molecule has 3 aromatic rings. The lowest BCUT2D eigenvalue weighted by molar-refractivity contribution is -0.119. The Morgan fingerprint density at radius 2 is 2.06 bits per heavy atom. The van der Waals surface area contributed by atoms with Crippen LogP contribution in [-0.4, -0.2) is 51.4 Å². The molecule has 2 atom stereocenters. The van der Waals surface area contributed by atoms with Gasteiger partial charge in [0.2, 0.25) is 5.91 Å². The van der Waals surface area contributed by atoms with Crippen LogP contribution in [0.1, 0.15) is 24.4 Å². The van der Waals surface area contributed by atoms with Gasteiger partial charge in [-0.25, -0.2) is 9.18 Å². The molecule has 32 heavy (non-hydrogen) atoms. The molecule has 0 unspecified atom stereocenters. The Morgan fingerprint density at radius 3 is 2.69 bits per heavy atom. The highest BCUT2D eigenvalue weighted by Crippen LogP contribution is 2.30. The number of aromatic nitrogens is 4. The zero-order valence-electron chi connectivity index (χ0n) is 17.5. The van der Waals surface area contributed by atoms with Crippen LogP contribution >= 0.6 is 0 Å². The van der Waals surface area contributed by atoms with Gasteiger partial charge in [0.25, 0.3) is 0 Å². The van der Waals surface area contributed by atoms with Crippen molar-refractivity contribution in [1.82, 2.24) is 25.5 Å². The van der Waals surface area contributed by atoms with Gasteiger partial charge in [-0.1, -0.05) is 24.3 Å². The molecular formula is C21H22FN7O3. The molecule has 0 saturated carbocycles. The molecule has 166 valence electrons. The van der Waals surface area contributed by atoms with Crippen molar-refractivity contribution >= 4 is 17.7 Å². The second kappa shape index (κ2) is 8.71. The van der Waals surface area contributed by atoms with Crippen LogP contribution in [0.2, 0.25) is 0 Å². The Kier molecular flexibility index (Phi) is 5.82. The van der Waals surface area contributed by atoms with Gasteiger partial charge in [0.05, 0.1) is 31.9 Å². The van der Waals surface area contributed by atoms with Crippen molar-refractivity contribution in [3.8, 4) is 11.1 Å². The Hall–Kier alpha value is -3.86. The molecule has 11 heteroatoms. The van der Waals surface area contributed by atoms with Gasteiger partial charge in [0.15, 0.2) is 5.82 Å². The van der Waals surface area contributed by atoms with E-state index < -0.39 is 24.1 Å². The lowest BCUT2D eigenvalue weighted by Crippen LogP contribution is -2.33. The van der Waals surface area contributed by atoms with Crippen LogP contribution < -0.4 is 16.0 Å². The number of rotatable bonds is 6. The van der Waals surface area contributed by atoms with Crippen LogP contribution in [0.4, 0.5) is 14.9 Å². The number of halogens is 1. The second-order valence-electron chi connectivity index (χ2n) is 7.45. The van der Waals surface area contributed by atoms with Crippen molar-refractivity contribution in [2.24, 2.45) is 12.8 Å². The Labute approximate surface area is 183 Å². The first-order valence-corrected chi connectivity index (χ1v) is 9.94. The van der Waals surface area contributed by atoms with Gasteiger partial charge in [0.1, 0.15) is 11.9 Å². The summed E-state index contributed by atoms with van der Waals surface area (Å²) in [6.07, 6.45) is -1.07. The number of carbonyl (C=O) groups excluding carboxylic acids is 2. The SMILES string of the molecule is CC(=O)NC[C@H]1CN(c2ccc(-c3ccc([C@@H](N)c4nnn(C)n4)cc3)c(F)c2)C(=O)O1. The van der Waals surface area contributed by atoms with Crippen LogP contribution in [0.25, 0.3) is 11.1 Å². The number of hydrogen-bond acceptors (Lipinski definition) is 7. The van der Waals surface area contributed by atoms with E-state index >= 15 is 0 Å². The van der Waals surface area contributed by atoms with Crippen molar-refractivity contribution in [2.75, 3.05) is 18.0 Å². The van der Waals surface area contributed by atoms with Gasteiger partial charge < -0.3 is 15.8 Å². The van der Waals surface area contributed by atoms with Gasteiger partial charge >= 0.3 is 6.09 Å². The summed E-state index contributed by atoms with van der Waals surface area (Å²) in [5.74, 6) is -0.298. The monoisotopic (exact) mass is 439 g/mol. The highest BCUT2D eigenvalue weighted by atomic mass is 19.1. The lowest BCUT2D eigenvalue weighted by Gasteiger charge is -2.15. The van der Waals surface area contributed by atoms with Crippen molar-refractivity contribution in [1.29, 1.82) is 0 Å². The number of amides is 2. The largest absolute Gasteiger partial charge is 0.442 e. The maximum atomic E-state index is 14.9. The average molecular weight is 439 g/mol. The number of benzene rings is 2. The van der Waals surface area contributed by atoms with Gasteiger partial charge in [0, 0.05) is 12.5 Å². The van der Waals surface area contributed by atoms with E-state index in [1.165, 1.54) is 22.7 Å². The third kappa shape index (κ3) is 4.42. The molecule has 1 aliphatic heterocycles. The molecule has 2 amide bonds. The topological polar surface area (TPSA) is 128 Å². The van der Waals surface area contributed by atoms with E-state index in [-0.39, 0.29) is 19.0 Å². The number of nitrogens with one attached hydrogen (secondary N) is 1. The quantitative estimate of drug-likeness (QED) is 0.596. The van der Waals surface area contributed by atoms with E-state index in [0.29, 0.717) is 22.6 Å². The number of nitrogens with two attached hydrogens (primary N) is 1. The molecule has 3 N–H and O–H groups in total. The fraction of sp³-hybridized carbons (Fsp3) is 0.286. The highest BCUT2D eigenvalue weighted by molar-refractivity contribution is 5.90. The maximum Gasteiger partial charge on any atom is 0.414 e. The van der Waals surface area contributed by atoms with E-state index in [2.05, 4.69) is 20.7 Å². The molecular weight excluding hydrogens is 417 g/mol. The van der Waals surface area contributed by atoms with Gasteiger partial charge in [-0.3, -0.25) is 9.69 Å². The van der Waals surface area contributed by atoms with Crippen LogP contribution in [0.5, 0.6) is 0 Å². The van der Waals surface area contributed by atoms with Crippen molar-refractivity contribution in [3.63, 3.8) is 0 Å². The van der Waals surface area contributed by atoms with Crippen LogP contribution in [0.3, 0.4) is 0 Å². The third-order valence-corrected chi connectivity index (χ3v) is 5.10. The standard InChI is InChI=1S/C21H22FN7O3/c1-12(30)24-10-16-11-29(21(31)32-16)15-7-8-17(18(22)9-15)13-3-5-14(6-4-13)19(23)20-25-27-28(2)26-20/h3-9,16,19H,10-11,23H2,1-2H3,(H,24,30)/t16-,19+/m0/s1. The molecule has 0 spiro atoms. The maximum absolute atomic E-state index is 14.9. The summed E-state index contributed by atoms with van der Waals surface area (Å²) in [6.45, 7) is 1.81. The Balaban J connectivity index is 1.49. The minimum atomic E-state index is -0.580. The zero-order valence-corrected chi connectivity index (χ0v) is 17.5. The molecule has 1 aromatic heterocycles. The molecule has 4 rings (SSSR count). The minimum absolute atomic E-state index is 0.205. The summed E-state index contributed by atoms with van der Waals surface area (Å²) in [4.78, 5) is 25.9. The molecule has 0 radical (unpaired) electrons. The van der Waals surface area contributed by atoms with E-state index in [9.17, 15) is 14.0 Å². The first kappa shape index (κ1) is 21.4. The van der Waals surface area contributed by atoms with Crippen molar-refractivity contribution in [2.45, 2.75) is 19.1 Å². The van der Waals surface area contributed by atoms with Crippen LogP contribution in [-0.2, 0) is 16.6 Å². The molecule has 10 nitrogen and oxygen atoms in total. The number of aryl methyl sites for hydroxylation is 1. The lowest BCUT2D eigenvalue weighted by atomic mass is 10.00. The number of carbonyl (C=O) groups is 2. The van der Waals surface area contributed by atoms with Gasteiger partial charge in [-0.05, 0) is 34.5 Å². The normalized spacial score (nSPS) is 16.7. The summed E-state index contributed by atoms with van der Waals surface area (Å²) >= 11 is 0. The van der Waals surface area contributed by atoms with Crippen molar-refractivity contribution in [3.05, 3.63) is 59.7 Å². The Bertz CT molecular complexity index is 1150. The molecule has 1 saturated heterocycles. The predicted molar refractivity (Wildman–Crippen MR) is 113 cm³/mol. The van der Waals surface area contributed by atoms with E-state index in [1.54, 1.807) is 43.4 Å². The number of tetrazole rings is 1. The fourth-order valence-corrected chi connectivity index (χ4v) is 3.44. The molecule has 2 heterocycles. The van der Waals surface area contributed by atoms with Crippen LogP contribution in [0, 0.1) is 5.82 Å². The second-order valence-corrected chi connectivity index (χ2v) is 7.45. The minimum Gasteiger partial charge on any atom is -0.442 e. The third-order valence-electron chi connectivity index (χ3n) is 5.10. The first-order valence-electron chi connectivity index (χ1n) is 9.94. The molecule has 0 aliphatic carbocycles. The Morgan fingerprint density at radius 1 is 1.31 bits per heavy atom. The summed E-state index contributed by atoms with van der Waals surface area (Å²) < 4.78 is 20.1. The number of anilines is 1. The van der Waals surface area contributed by atoms with E-state index in [1.807, 2.05) is 0 Å². The highest BCUT2D eigenvalue weighted by Gasteiger charge is 2.32. The number of hydrogen-bond donors (Lipinski definition) is 2. The van der Waals surface area contributed by atoms with E-state index in [4.69, 9.17) is 10.5 Å². The summed E-state index contributed by atoms with van der Waals surface area (Å²) in [5, 5.41) is 14.4. The average Bonchev–Trinajstić information content (AvgIpc) is 3.37. The summed E-state index contributed by atoms with van der Waals surface area (Å²) in [7, 11) is 1.66. The van der Waals surface area contributed by atoms with Crippen LogP contribution in [0.15, 0.2) is 42.5 Å². The van der Waals surface area contributed by atoms with Crippen molar-refractivity contribution < 1.29 is 18.7 Å². The van der Waals surface area contributed by atoms with Gasteiger partial charge in [-0.15, -0.1) is 10.2 Å². The number of cyclic esters (lactones) is 1. The number of nitrogens with zero attached hydrogens (tertiary/aromatic N) is 5. The molecule has 2 aromatic carbocycles. The van der Waals surface area contributed by atoms with Gasteiger partial charge in [-0.2, -0.15) is 4.80 Å². The predicted octanol–water partition coefficient (Wildman–Crippen LogP) is 1.53. The summed E-state index contributed by atoms with van der Waals surface area (Å²) in [5.41, 5.74) is 8.37. The molecule has 1 fully saturated rings. The smallest absolute Gasteiger partial charge is 0.414 e. The molecule has 0 bridgehead atoms. The summed E-state index contributed by atoms with van der Waals surface area (Å²) in [6, 6.07) is 11.1. The number of ether oxygens (including phenoxy) is 1. The zero-order chi connectivity index (χ0) is 22.8.